The summed E-state index contributed by atoms with van der Waals surface area (Å²) in [5.41, 5.74) is -0.910. The highest BCUT2D eigenvalue weighted by Gasteiger charge is 2.35. The van der Waals surface area contributed by atoms with Crippen LogP contribution >= 0.6 is 0 Å². The zero-order valence-electron chi connectivity index (χ0n) is 9.19. The average Bonchev–Trinajstić information content (AvgIpc) is 2.24. The predicted molar refractivity (Wildman–Crippen MR) is 60.4 cm³/mol. The fraction of sp³-hybridized carbons (Fsp3) is 0.455. The Hall–Kier alpha value is -0.980. The van der Waals surface area contributed by atoms with Crippen LogP contribution in [-0.4, -0.2) is 25.7 Å². The molecule has 1 aromatic rings. The number of hydrogen-bond donors (Lipinski definition) is 2. The summed E-state index contributed by atoms with van der Waals surface area (Å²) < 4.78 is 38.6. The minimum Gasteiger partial charge on any atom is -0.389 e. The van der Waals surface area contributed by atoms with Crippen molar-refractivity contribution in [2.75, 3.05) is 6.54 Å². The molecular weight excluding hydrogens is 245 g/mol. The van der Waals surface area contributed by atoms with Gasteiger partial charge in [-0.1, -0.05) is 0 Å². The van der Waals surface area contributed by atoms with Crippen LogP contribution < -0.4 is 4.72 Å². The molecule has 1 aliphatic rings. The Morgan fingerprint density at radius 3 is 2.35 bits per heavy atom. The van der Waals surface area contributed by atoms with Crippen molar-refractivity contribution >= 4 is 10.0 Å². The molecule has 6 heteroatoms. The highest BCUT2D eigenvalue weighted by molar-refractivity contribution is 7.89. The molecule has 1 saturated carbocycles. The second kappa shape index (κ2) is 4.36. The number of halogens is 1. The van der Waals surface area contributed by atoms with Crippen LogP contribution in [0.25, 0.3) is 0 Å². The van der Waals surface area contributed by atoms with Gasteiger partial charge in [0.2, 0.25) is 10.0 Å². The van der Waals surface area contributed by atoms with Gasteiger partial charge in [0, 0.05) is 6.54 Å². The largest absolute Gasteiger partial charge is 0.389 e. The number of benzene rings is 1. The molecule has 1 fully saturated rings. The summed E-state index contributed by atoms with van der Waals surface area (Å²) in [6.07, 6.45) is 2.13. The second-order valence-corrected chi connectivity index (χ2v) is 6.12. The molecule has 0 aromatic heterocycles. The third-order valence-corrected chi connectivity index (χ3v) is 4.42. The Balaban J connectivity index is 2.06. The smallest absolute Gasteiger partial charge is 0.240 e. The van der Waals surface area contributed by atoms with Gasteiger partial charge in [0.15, 0.2) is 0 Å². The molecule has 0 bridgehead atoms. The molecule has 0 unspecified atom stereocenters. The van der Waals surface area contributed by atoms with Gasteiger partial charge in [-0.15, -0.1) is 0 Å². The zero-order chi connectivity index (χ0) is 12.5. The van der Waals surface area contributed by atoms with Gasteiger partial charge in [-0.05, 0) is 43.5 Å². The van der Waals surface area contributed by atoms with E-state index < -0.39 is 21.4 Å². The molecule has 94 valence electrons. The number of aliphatic hydroxyl groups is 1. The SMILES string of the molecule is O=S(=O)(NCC1(O)CCC1)c1ccc(F)cc1. The lowest BCUT2D eigenvalue weighted by molar-refractivity contribution is -0.0270. The summed E-state index contributed by atoms with van der Waals surface area (Å²) in [5.74, 6) is -0.485. The summed E-state index contributed by atoms with van der Waals surface area (Å²) >= 11 is 0. The van der Waals surface area contributed by atoms with Gasteiger partial charge in [0.05, 0.1) is 10.5 Å². The summed E-state index contributed by atoms with van der Waals surface area (Å²) in [7, 11) is -3.66. The fourth-order valence-electron chi connectivity index (χ4n) is 1.69. The maximum atomic E-state index is 12.7. The third-order valence-electron chi connectivity index (χ3n) is 3.00. The van der Waals surface area contributed by atoms with Crippen LogP contribution in [0.3, 0.4) is 0 Å². The van der Waals surface area contributed by atoms with E-state index in [1.165, 1.54) is 12.1 Å². The molecule has 1 aromatic carbocycles. The molecule has 0 amide bonds. The Morgan fingerprint density at radius 1 is 1.29 bits per heavy atom. The van der Waals surface area contributed by atoms with Crippen LogP contribution in [0.4, 0.5) is 4.39 Å². The molecule has 0 saturated heterocycles. The van der Waals surface area contributed by atoms with E-state index in [4.69, 9.17) is 0 Å². The minimum absolute atomic E-state index is 0.00169. The standard InChI is InChI=1S/C11H14FNO3S/c12-9-2-4-10(5-3-9)17(15,16)13-8-11(14)6-1-7-11/h2-5,13-14H,1,6-8H2. The maximum absolute atomic E-state index is 12.7. The molecule has 0 spiro atoms. The van der Waals surface area contributed by atoms with Crippen LogP contribution in [0.5, 0.6) is 0 Å². The molecule has 4 nitrogen and oxygen atoms in total. The molecule has 0 aliphatic heterocycles. The number of nitrogens with one attached hydrogen (secondary N) is 1. The predicted octanol–water partition coefficient (Wildman–Crippen LogP) is 1.02. The zero-order valence-corrected chi connectivity index (χ0v) is 10.0. The van der Waals surface area contributed by atoms with E-state index in [1.807, 2.05) is 0 Å². The van der Waals surface area contributed by atoms with E-state index >= 15 is 0 Å². The second-order valence-electron chi connectivity index (χ2n) is 4.36. The summed E-state index contributed by atoms with van der Waals surface area (Å²) in [6.45, 7) is 0.00666. The van der Waals surface area contributed by atoms with Gasteiger partial charge in [0.1, 0.15) is 5.82 Å². The lowest BCUT2D eigenvalue weighted by atomic mass is 9.81. The fourth-order valence-corrected chi connectivity index (χ4v) is 2.81. The van der Waals surface area contributed by atoms with Crippen molar-refractivity contribution in [2.45, 2.75) is 29.8 Å². The highest BCUT2D eigenvalue weighted by atomic mass is 32.2. The van der Waals surface area contributed by atoms with Gasteiger partial charge in [-0.25, -0.2) is 17.5 Å². The van der Waals surface area contributed by atoms with E-state index in [-0.39, 0.29) is 11.4 Å². The minimum atomic E-state index is -3.66. The number of sulfonamides is 1. The first-order valence-corrected chi connectivity index (χ1v) is 6.87. The summed E-state index contributed by atoms with van der Waals surface area (Å²) in [6, 6.07) is 4.57. The van der Waals surface area contributed by atoms with Crippen molar-refractivity contribution < 1.29 is 17.9 Å². The molecular formula is C11H14FNO3S. The highest BCUT2D eigenvalue weighted by Crippen LogP contribution is 2.31. The van der Waals surface area contributed by atoms with Crippen LogP contribution in [-0.2, 0) is 10.0 Å². The van der Waals surface area contributed by atoms with Crippen molar-refractivity contribution in [3.63, 3.8) is 0 Å². The van der Waals surface area contributed by atoms with Crippen molar-refractivity contribution in [1.29, 1.82) is 0 Å². The molecule has 2 N–H and O–H groups in total. The maximum Gasteiger partial charge on any atom is 0.240 e. The Labute approximate surface area is 99.5 Å². The first kappa shape index (κ1) is 12.5. The lowest BCUT2D eigenvalue weighted by Crippen LogP contribution is -2.47. The van der Waals surface area contributed by atoms with Gasteiger partial charge in [0.25, 0.3) is 0 Å². The van der Waals surface area contributed by atoms with E-state index in [0.717, 1.165) is 18.6 Å². The molecule has 0 radical (unpaired) electrons. The normalized spacial score (nSPS) is 18.7. The average molecular weight is 259 g/mol. The molecule has 0 heterocycles. The Morgan fingerprint density at radius 2 is 1.88 bits per heavy atom. The Kier molecular flexibility index (Phi) is 3.20. The van der Waals surface area contributed by atoms with E-state index in [2.05, 4.69) is 4.72 Å². The van der Waals surface area contributed by atoms with Crippen molar-refractivity contribution in [3.05, 3.63) is 30.1 Å². The molecule has 17 heavy (non-hydrogen) atoms. The topological polar surface area (TPSA) is 66.4 Å². The molecule has 2 rings (SSSR count). The van der Waals surface area contributed by atoms with Gasteiger partial charge in [-0.2, -0.15) is 0 Å². The number of rotatable bonds is 4. The first-order valence-electron chi connectivity index (χ1n) is 5.39. The summed E-state index contributed by atoms with van der Waals surface area (Å²) in [5, 5.41) is 9.78. The quantitative estimate of drug-likeness (QED) is 0.848. The van der Waals surface area contributed by atoms with E-state index in [0.29, 0.717) is 12.8 Å². The molecule has 0 atom stereocenters. The van der Waals surface area contributed by atoms with Gasteiger partial charge >= 0.3 is 0 Å². The van der Waals surface area contributed by atoms with Gasteiger partial charge in [-0.3, -0.25) is 0 Å². The van der Waals surface area contributed by atoms with Crippen LogP contribution in [0, 0.1) is 5.82 Å². The van der Waals surface area contributed by atoms with E-state index in [9.17, 15) is 17.9 Å². The third kappa shape index (κ3) is 2.83. The summed E-state index contributed by atoms with van der Waals surface area (Å²) in [4.78, 5) is 0.00169. The first-order chi connectivity index (χ1) is 7.91. The van der Waals surface area contributed by atoms with E-state index in [1.54, 1.807) is 0 Å². The molecule has 1 aliphatic carbocycles. The van der Waals surface area contributed by atoms with Crippen LogP contribution in [0.2, 0.25) is 0 Å². The number of hydrogen-bond acceptors (Lipinski definition) is 3. The lowest BCUT2D eigenvalue weighted by Gasteiger charge is -2.36. The Bertz CT molecular complexity index is 494. The van der Waals surface area contributed by atoms with Crippen molar-refractivity contribution in [3.8, 4) is 0 Å². The van der Waals surface area contributed by atoms with Crippen LogP contribution in [0.15, 0.2) is 29.2 Å². The van der Waals surface area contributed by atoms with Gasteiger partial charge < -0.3 is 5.11 Å². The van der Waals surface area contributed by atoms with Crippen molar-refractivity contribution in [2.24, 2.45) is 0 Å². The monoisotopic (exact) mass is 259 g/mol. The van der Waals surface area contributed by atoms with Crippen molar-refractivity contribution in [1.82, 2.24) is 4.72 Å². The van der Waals surface area contributed by atoms with Crippen LogP contribution in [0.1, 0.15) is 19.3 Å².